The minimum absolute atomic E-state index is 0.632. The molecule has 2 aliphatic rings. The van der Waals surface area contributed by atoms with E-state index in [4.69, 9.17) is 11.6 Å². The highest BCUT2D eigenvalue weighted by Gasteiger charge is 2.29. The molecule has 0 amide bonds. The van der Waals surface area contributed by atoms with Crippen molar-refractivity contribution >= 4 is 17.3 Å². The molecule has 0 radical (unpaired) electrons. The van der Waals surface area contributed by atoms with Gasteiger partial charge in [-0.15, -0.1) is 0 Å². The first-order valence-corrected chi connectivity index (χ1v) is 6.74. The van der Waals surface area contributed by atoms with Crippen LogP contribution >= 0.6 is 11.6 Å². The maximum Gasteiger partial charge on any atom is 0.0851 e. The van der Waals surface area contributed by atoms with E-state index in [0.29, 0.717) is 12.1 Å². The zero-order valence-electron chi connectivity index (χ0n) is 10.1. The number of nitrogens with zero attached hydrogens (tertiary/aromatic N) is 2. The Morgan fingerprint density at radius 2 is 2.18 bits per heavy atom. The van der Waals surface area contributed by atoms with Gasteiger partial charge in [-0.3, -0.25) is 4.98 Å². The second kappa shape index (κ2) is 4.46. The molecule has 2 aliphatic heterocycles. The number of halogens is 1. The molecule has 1 aromatic heterocycles. The first-order chi connectivity index (χ1) is 8.24. The van der Waals surface area contributed by atoms with Gasteiger partial charge in [0.05, 0.1) is 16.4 Å². The molecular formula is C13H18ClN3. The zero-order chi connectivity index (χ0) is 11.8. The summed E-state index contributed by atoms with van der Waals surface area (Å²) in [5.41, 5.74) is 2.07. The highest BCUT2D eigenvalue weighted by Crippen LogP contribution is 2.30. The predicted octanol–water partition coefficient (Wildman–Crippen LogP) is 2.37. The molecule has 2 unspecified atom stereocenters. The molecular weight excluding hydrogens is 234 g/mol. The van der Waals surface area contributed by atoms with Crippen LogP contribution in [0.25, 0.3) is 0 Å². The van der Waals surface area contributed by atoms with Crippen LogP contribution in [0.4, 0.5) is 5.69 Å². The summed E-state index contributed by atoms with van der Waals surface area (Å²) >= 11 is 6.36. The van der Waals surface area contributed by atoms with Gasteiger partial charge in [0.1, 0.15) is 0 Å². The molecule has 2 bridgehead atoms. The Morgan fingerprint density at radius 3 is 3.06 bits per heavy atom. The first-order valence-electron chi connectivity index (χ1n) is 6.36. The van der Waals surface area contributed by atoms with Gasteiger partial charge in [-0.25, -0.2) is 0 Å². The van der Waals surface area contributed by atoms with Crippen molar-refractivity contribution in [3.8, 4) is 0 Å². The molecule has 3 nitrogen and oxygen atoms in total. The predicted molar refractivity (Wildman–Crippen MR) is 70.8 cm³/mol. The molecule has 3 heterocycles. The number of fused-ring (bicyclic) bond motifs is 2. The van der Waals surface area contributed by atoms with E-state index in [2.05, 4.69) is 15.2 Å². The molecule has 1 N–H and O–H groups in total. The van der Waals surface area contributed by atoms with Crippen LogP contribution in [0.3, 0.4) is 0 Å². The van der Waals surface area contributed by atoms with Crippen LogP contribution in [-0.4, -0.2) is 30.2 Å². The third-order valence-corrected chi connectivity index (χ3v) is 4.37. The lowest BCUT2D eigenvalue weighted by Crippen LogP contribution is -2.35. The van der Waals surface area contributed by atoms with E-state index in [1.165, 1.54) is 19.3 Å². The van der Waals surface area contributed by atoms with E-state index >= 15 is 0 Å². The molecule has 4 heteroatoms. The standard InChI is InChI=1S/C13H18ClN3/c1-9-13(14)12(4-6-15-9)17-7-5-10-2-3-11(8-17)16-10/h4,6,10-11,16H,2-3,5,7-8H2,1H3. The number of rotatable bonds is 1. The molecule has 0 aromatic carbocycles. The number of hydrogen-bond acceptors (Lipinski definition) is 3. The van der Waals surface area contributed by atoms with Gasteiger partial charge in [0, 0.05) is 31.4 Å². The van der Waals surface area contributed by atoms with E-state index < -0.39 is 0 Å². The number of nitrogens with one attached hydrogen (secondary N) is 1. The molecule has 0 aliphatic carbocycles. The van der Waals surface area contributed by atoms with Crippen molar-refractivity contribution in [1.82, 2.24) is 10.3 Å². The summed E-state index contributed by atoms with van der Waals surface area (Å²) in [7, 11) is 0. The van der Waals surface area contributed by atoms with Gasteiger partial charge in [-0.05, 0) is 32.3 Å². The minimum atomic E-state index is 0.632. The van der Waals surface area contributed by atoms with Crippen molar-refractivity contribution in [3.63, 3.8) is 0 Å². The van der Waals surface area contributed by atoms with E-state index in [1.54, 1.807) is 0 Å². The van der Waals surface area contributed by atoms with E-state index in [1.807, 2.05) is 19.2 Å². The number of pyridine rings is 1. The van der Waals surface area contributed by atoms with Gasteiger partial charge in [0.2, 0.25) is 0 Å². The van der Waals surface area contributed by atoms with Gasteiger partial charge in [-0.1, -0.05) is 11.6 Å². The average molecular weight is 252 g/mol. The Balaban J connectivity index is 1.86. The van der Waals surface area contributed by atoms with Crippen molar-refractivity contribution < 1.29 is 0 Å². The number of aryl methyl sites for hydroxylation is 1. The zero-order valence-corrected chi connectivity index (χ0v) is 10.9. The maximum absolute atomic E-state index is 6.36. The quantitative estimate of drug-likeness (QED) is 0.831. The van der Waals surface area contributed by atoms with Gasteiger partial charge >= 0.3 is 0 Å². The largest absolute Gasteiger partial charge is 0.369 e. The highest BCUT2D eigenvalue weighted by atomic mass is 35.5. The lowest BCUT2D eigenvalue weighted by Gasteiger charge is -2.27. The normalized spacial score (nSPS) is 28.2. The minimum Gasteiger partial charge on any atom is -0.369 e. The van der Waals surface area contributed by atoms with Crippen LogP contribution in [0.1, 0.15) is 25.0 Å². The van der Waals surface area contributed by atoms with Crippen LogP contribution in [0.2, 0.25) is 5.02 Å². The van der Waals surface area contributed by atoms with Crippen molar-refractivity contribution in [2.75, 3.05) is 18.0 Å². The Kier molecular flexibility index (Phi) is 2.97. The van der Waals surface area contributed by atoms with E-state index in [-0.39, 0.29) is 0 Å². The third-order valence-electron chi connectivity index (χ3n) is 3.91. The van der Waals surface area contributed by atoms with Gasteiger partial charge in [-0.2, -0.15) is 0 Å². The smallest absolute Gasteiger partial charge is 0.0851 e. The lowest BCUT2D eigenvalue weighted by molar-refractivity contribution is 0.563. The van der Waals surface area contributed by atoms with Crippen LogP contribution < -0.4 is 10.2 Å². The van der Waals surface area contributed by atoms with Gasteiger partial charge in [0.25, 0.3) is 0 Å². The summed E-state index contributed by atoms with van der Waals surface area (Å²) in [4.78, 5) is 6.64. The Hall–Kier alpha value is -0.800. The molecule has 2 saturated heterocycles. The van der Waals surface area contributed by atoms with Crippen molar-refractivity contribution in [2.24, 2.45) is 0 Å². The number of anilines is 1. The summed E-state index contributed by atoms with van der Waals surface area (Å²) in [5.74, 6) is 0. The fourth-order valence-electron chi connectivity index (χ4n) is 2.94. The van der Waals surface area contributed by atoms with Crippen molar-refractivity contribution in [3.05, 3.63) is 23.0 Å². The highest BCUT2D eigenvalue weighted by molar-refractivity contribution is 6.33. The van der Waals surface area contributed by atoms with Crippen LogP contribution in [0, 0.1) is 6.92 Å². The molecule has 17 heavy (non-hydrogen) atoms. The third kappa shape index (κ3) is 2.14. The van der Waals surface area contributed by atoms with Crippen molar-refractivity contribution in [1.29, 1.82) is 0 Å². The van der Waals surface area contributed by atoms with Crippen LogP contribution in [0.15, 0.2) is 12.3 Å². The van der Waals surface area contributed by atoms with Crippen LogP contribution in [-0.2, 0) is 0 Å². The summed E-state index contributed by atoms with van der Waals surface area (Å²) in [6.07, 6.45) is 5.70. The number of aromatic nitrogens is 1. The molecule has 2 atom stereocenters. The summed E-state index contributed by atoms with van der Waals surface area (Å²) in [5, 5.41) is 4.50. The monoisotopic (exact) mass is 251 g/mol. The summed E-state index contributed by atoms with van der Waals surface area (Å²) < 4.78 is 0. The van der Waals surface area contributed by atoms with Crippen LogP contribution in [0.5, 0.6) is 0 Å². The van der Waals surface area contributed by atoms with Gasteiger partial charge < -0.3 is 10.2 Å². The molecule has 3 rings (SSSR count). The maximum atomic E-state index is 6.36. The molecule has 2 fully saturated rings. The second-order valence-corrected chi connectivity index (χ2v) is 5.48. The average Bonchev–Trinajstić information content (AvgIpc) is 2.63. The Labute approximate surface area is 107 Å². The van der Waals surface area contributed by atoms with Crippen molar-refractivity contribution in [2.45, 2.75) is 38.3 Å². The molecule has 92 valence electrons. The fourth-order valence-corrected chi connectivity index (χ4v) is 3.17. The second-order valence-electron chi connectivity index (χ2n) is 5.10. The fraction of sp³-hybridized carbons (Fsp3) is 0.615. The van der Waals surface area contributed by atoms with E-state index in [9.17, 15) is 0 Å². The first kappa shape index (κ1) is 11.3. The SMILES string of the molecule is Cc1nccc(N2CCC3CCC(C2)N3)c1Cl. The van der Waals surface area contributed by atoms with Gasteiger partial charge in [0.15, 0.2) is 0 Å². The number of hydrogen-bond donors (Lipinski definition) is 1. The Morgan fingerprint density at radius 1 is 1.35 bits per heavy atom. The molecule has 1 aromatic rings. The molecule has 0 saturated carbocycles. The topological polar surface area (TPSA) is 28.2 Å². The Bertz CT molecular complexity index is 421. The summed E-state index contributed by atoms with van der Waals surface area (Å²) in [6.45, 7) is 4.13. The lowest BCUT2D eigenvalue weighted by atomic mass is 10.1. The summed E-state index contributed by atoms with van der Waals surface area (Å²) in [6, 6.07) is 3.38. The van der Waals surface area contributed by atoms with E-state index in [0.717, 1.165) is 29.5 Å². The molecule has 0 spiro atoms.